The van der Waals surface area contributed by atoms with Gasteiger partial charge in [0.1, 0.15) is 17.8 Å². The molecule has 6 atom stereocenters. The van der Waals surface area contributed by atoms with Crippen LogP contribution in [0.2, 0.25) is 0 Å². The first-order chi connectivity index (χ1) is 17.3. The minimum atomic E-state index is -0.739. The van der Waals surface area contributed by atoms with Gasteiger partial charge in [-0.3, -0.25) is 9.69 Å². The summed E-state index contributed by atoms with van der Waals surface area (Å²) in [6.45, 7) is 7.46. The fourth-order valence-corrected chi connectivity index (χ4v) is 8.00. The monoisotopic (exact) mass is 495 g/mol. The van der Waals surface area contributed by atoms with Gasteiger partial charge < -0.3 is 24.1 Å². The van der Waals surface area contributed by atoms with Crippen molar-refractivity contribution in [3.05, 3.63) is 35.4 Å². The summed E-state index contributed by atoms with van der Waals surface area (Å²) < 4.78 is 24.9. The van der Waals surface area contributed by atoms with Crippen molar-refractivity contribution in [2.24, 2.45) is 5.92 Å². The van der Waals surface area contributed by atoms with E-state index in [0.717, 1.165) is 37.4 Å². The van der Waals surface area contributed by atoms with Crippen LogP contribution >= 0.6 is 0 Å². The zero-order valence-corrected chi connectivity index (χ0v) is 20.7. The number of hydrogen-bond acceptors (Lipinski definition) is 8. The van der Waals surface area contributed by atoms with Gasteiger partial charge in [-0.05, 0) is 62.6 Å². The molecule has 1 spiro atoms. The first kappa shape index (κ1) is 22.6. The van der Waals surface area contributed by atoms with Crippen molar-refractivity contribution in [1.29, 1.82) is 0 Å². The lowest BCUT2D eigenvalue weighted by molar-refractivity contribution is -0.235. The van der Waals surface area contributed by atoms with Crippen molar-refractivity contribution in [2.75, 3.05) is 19.7 Å². The highest BCUT2D eigenvalue weighted by Gasteiger charge is 2.75. The number of phenols is 1. The second-order valence-corrected chi connectivity index (χ2v) is 11.6. The van der Waals surface area contributed by atoms with Crippen LogP contribution in [0, 0.1) is 5.92 Å². The van der Waals surface area contributed by atoms with E-state index in [1.54, 1.807) is 6.07 Å². The molecular weight excluding hydrogens is 462 g/mol. The second kappa shape index (κ2) is 7.71. The molecular formula is C28H33NO7. The Morgan fingerprint density at radius 2 is 2.06 bits per heavy atom. The summed E-state index contributed by atoms with van der Waals surface area (Å²) in [4.78, 5) is 27.0. The topological polar surface area (TPSA) is 94.5 Å². The molecule has 2 saturated heterocycles. The fourth-order valence-electron chi connectivity index (χ4n) is 8.00. The van der Waals surface area contributed by atoms with Crippen LogP contribution in [0.1, 0.15) is 56.6 Å². The molecule has 7 rings (SSSR count). The van der Waals surface area contributed by atoms with E-state index in [1.807, 2.05) is 6.07 Å². The number of esters is 2. The number of phenolic OH excluding ortho intramolecular Hbond substituents is 1. The van der Waals surface area contributed by atoms with Gasteiger partial charge in [0.05, 0.1) is 24.2 Å². The Morgan fingerprint density at radius 1 is 1.22 bits per heavy atom. The first-order valence-corrected chi connectivity index (χ1v) is 13.3. The summed E-state index contributed by atoms with van der Waals surface area (Å²) in [7, 11) is 0. The minimum absolute atomic E-state index is 0.0601. The van der Waals surface area contributed by atoms with Crippen molar-refractivity contribution in [3.8, 4) is 11.5 Å². The SMILES string of the molecule is C=C1C[C@@H](CO[C@@H]2CC[C@@]3(OC(C)=O)[C@H]4Cc5ccc(O)c6c5[C@@]3(CCN4CC3CC3)[C@H]2O6)OC1=O. The highest BCUT2D eigenvalue weighted by atomic mass is 16.6. The second-order valence-electron chi connectivity index (χ2n) is 11.6. The van der Waals surface area contributed by atoms with Crippen molar-refractivity contribution >= 4 is 11.9 Å². The van der Waals surface area contributed by atoms with E-state index < -0.39 is 17.1 Å². The van der Waals surface area contributed by atoms with Gasteiger partial charge in [-0.1, -0.05) is 12.6 Å². The van der Waals surface area contributed by atoms with Gasteiger partial charge in [0, 0.05) is 31.0 Å². The van der Waals surface area contributed by atoms with Crippen molar-refractivity contribution in [1.82, 2.24) is 4.90 Å². The van der Waals surface area contributed by atoms with Gasteiger partial charge in [-0.2, -0.15) is 0 Å². The summed E-state index contributed by atoms with van der Waals surface area (Å²) in [6, 6.07) is 3.80. The van der Waals surface area contributed by atoms with Crippen LogP contribution in [0.4, 0.5) is 0 Å². The highest BCUT2D eigenvalue weighted by Crippen LogP contribution is 2.67. The highest BCUT2D eigenvalue weighted by molar-refractivity contribution is 5.89. The van der Waals surface area contributed by atoms with Crippen molar-refractivity contribution < 1.29 is 33.6 Å². The Morgan fingerprint density at radius 3 is 2.78 bits per heavy atom. The number of likely N-dealkylation sites (tertiary alicyclic amines) is 1. The number of benzene rings is 1. The van der Waals surface area contributed by atoms with Crippen LogP contribution in [0.25, 0.3) is 0 Å². The van der Waals surface area contributed by atoms with Crippen molar-refractivity contribution in [2.45, 2.75) is 87.2 Å². The van der Waals surface area contributed by atoms with Gasteiger partial charge >= 0.3 is 11.9 Å². The minimum Gasteiger partial charge on any atom is -0.504 e. The molecule has 6 aliphatic rings. The maximum atomic E-state index is 12.7. The van der Waals surface area contributed by atoms with Crippen LogP contribution in [-0.4, -0.2) is 71.6 Å². The number of ether oxygens (including phenoxy) is 4. The molecule has 8 nitrogen and oxygen atoms in total. The summed E-state index contributed by atoms with van der Waals surface area (Å²) in [5.74, 6) is 0.715. The van der Waals surface area contributed by atoms with Crippen molar-refractivity contribution in [3.63, 3.8) is 0 Å². The summed E-state index contributed by atoms with van der Waals surface area (Å²) in [6.07, 6.45) is 4.81. The molecule has 2 bridgehead atoms. The molecule has 0 aromatic heterocycles. The Labute approximate surface area is 210 Å². The third kappa shape index (κ3) is 3.00. The van der Waals surface area contributed by atoms with E-state index in [-0.39, 0.29) is 42.5 Å². The molecule has 0 radical (unpaired) electrons. The Bertz CT molecular complexity index is 1140. The number of nitrogens with zero attached hydrogens (tertiary/aromatic N) is 1. The van der Waals surface area contributed by atoms with Crippen LogP contribution in [0.3, 0.4) is 0 Å². The molecule has 0 amide bonds. The van der Waals surface area contributed by atoms with Gasteiger partial charge in [-0.25, -0.2) is 4.79 Å². The lowest BCUT2D eigenvalue weighted by Crippen LogP contribution is -2.78. The Hall–Kier alpha value is -2.58. The number of carbonyl (C=O) groups is 2. The number of carbonyl (C=O) groups excluding carboxylic acids is 2. The molecule has 0 unspecified atom stereocenters. The first-order valence-electron chi connectivity index (χ1n) is 13.3. The van der Waals surface area contributed by atoms with Crippen LogP contribution < -0.4 is 4.74 Å². The average Bonchev–Trinajstić information content (AvgIpc) is 3.49. The van der Waals surface area contributed by atoms with E-state index in [9.17, 15) is 14.7 Å². The summed E-state index contributed by atoms with van der Waals surface area (Å²) in [5.41, 5.74) is 1.31. The van der Waals surface area contributed by atoms with E-state index in [0.29, 0.717) is 30.6 Å². The number of piperidine rings is 1. The average molecular weight is 496 g/mol. The fraction of sp³-hybridized carbons (Fsp3) is 0.643. The van der Waals surface area contributed by atoms with E-state index >= 15 is 0 Å². The Balaban J connectivity index is 1.29. The number of rotatable bonds is 6. The predicted octanol–water partition coefficient (Wildman–Crippen LogP) is 2.78. The lowest BCUT2D eigenvalue weighted by atomic mass is 9.48. The smallest absolute Gasteiger partial charge is 0.333 e. The van der Waals surface area contributed by atoms with E-state index in [4.69, 9.17) is 18.9 Å². The maximum absolute atomic E-state index is 12.7. The van der Waals surface area contributed by atoms with Gasteiger partial charge in [-0.15, -0.1) is 0 Å². The quantitative estimate of drug-likeness (QED) is 0.476. The Kier molecular flexibility index (Phi) is 4.84. The van der Waals surface area contributed by atoms with E-state index in [1.165, 1.54) is 25.3 Å². The number of hydrogen-bond donors (Lipinski definition) is 1. The maximum Gasteiger partial charge on any atom is 0.333 e. The summed E-state index contributed by atoms with van der Waals surface area (Å²) >= 11 is 0. The van der Waals surface area contributed by atoms with E-state index in [2.05, 4.69) is 11.5 Å². The number of cyclic esters (lactones) is 1. The summed E-state index contributed by atoms with van der Waals surface area (Å²) in [5, 5.41) is 10.8. The molecule has 192 valence electrons. The molecule has 1 N–H and O–H groups in total. The normalized spacial score (nSPS) is 38.4. The molecule has 3 aliphatic heterocycles. The molecule has 36 heavy (non-hydrogen) atoms. The largest absolute Gasteiger partial charge is 0.504 e. The molecule has 3 heterocycles. The molecule has 4 fully saturated rings. The molecule has 2 saturated carbocycles. The zero-order valence-electron chi connectivity index (χ0n) is 20.7. The third-order valence-electron chi connectivity index (χ3n) is 9.53. The van der Waals surface area contributed by atoms with Gasteiger partial charge in [0.15, 0.2) is 11.5 Å². The molecule has 1 aromatic rings. The van der Waals surface area contributed by atoms with Crippen LogP contribution in [-0.2, 0) is 35.6 Å². The van der Waals surface area contributed by atoms with Crippen LogP contribution in [0.5, 0.6) is 11.5 Å². The standard InChI is InChI=1S/C28H33NO7/c1-15-11-19(34-26(15)32)14-33-21-7-8-28(36-16(2)30)22-12-18-5-6-20(31)24-23(18)27(28,25(21)35-24)9-10-29(22)13-17-3-4-17/h5-6,17,19,21-22,25,31H,1,3-4,7-14H2,2H3/t19-,21+,22+,25-,27-,28+/m0/s1. The molecule has 1 aromatic carbocycles. The molecule has 8 heteroatoms. The molecule has 3 aliphatic carbocycles. The zero-order chi connectivity index (χ0) is 24.8. The lowest BCUT2D eigenvalue weighted by Gasteiger charge is -2.65. The number of aromatic hydroxyl groups is 1. The predicted molar refractivity (Wildman–Crippen MR) is 128 cm³/mol. The van der Waals surface area contributed by atoms with Crippen LogP contribution in [0.15, 0.2) is 24.3 Å². The van der Waals surface area contributed by atoms with Gasteiger partial charge in [0.2, 0.25) is 0 Å². The third-order valence-corrected chi connectivity index (χ3v) is 9.53. The van der Waals surface area contributed by atoms with Gasteiger partial charge in [0.25, 0.3) is 0 Å².